The van der Waals surface area contributed by atoms with E-state index in [-0.39, 0.29) is 18.8 Å². The van der Waals surface area contributed by atoms with Crippen LogP contribution in [0.4, 0.5) is 0 Å². The Morgan fingerprint density at radius 1 is 1.14 bits per heavy atom. The Morgan fingerprint density at radius 2 is 1.73 bits per heavy atom. The lowest BCUT2D eigenvalue weighted by atomic mass is 10.1. The molecular weight excluding hydrogens is 308 g/mol. The van der Waals surface area contributed by atoms with Gasteiger partial charge in [-0.2, -0.15) is 0 Å². The fourth-order valence-electron chi connectivity index (χ4n) is 2.17. The second kappa shape index (κ2) is 6.99. The second-order valence-electron chi connectivity index (χ2n) is 4.87. The van der Waals surface area contributed by atoms with Gasteiger partial charge in [-0.05, 0) is 18.6 Å². The molecular formula is C14H18N2O5S. The van der Waals surface area contributed by atoms with Crippen molar-refractivity contribution in [2.24, 2.45) is 0 Å². The number of rotatable bonds is 8. The number of methoxy groups -OCH3 is 1. The predicted molar refractivity (Wildman–Crippen MR) is 80.1 cm³/mol. The van der Waals surface area contributed by atoms with E-state index in [1.165, 1.54) is 7.11 Å². The first kappa shape index (κ1) is 16.6. The molecule has 1 aliphatic heterocycles. The Labute approximate surface area is 129 Å². The number of hydrogen-bond donors (Lipinski definition) is 1. The summed E-state index contributed by atoms with van der Waals surface area (Å²) in [5.74, 6) is -1.21. The monoisotopic (exact) mass is 326 g/mol. The second-order valence-corrected chi connectivity index (χ2v) is 6.79. The van der Waals surface area contributed by atoms with Crippen LogP contribution in [0.5, 0.6) is 0 Å². The first-order valence-electron chi connectivity index (χ1n) is 6.88. The number of nitrogens with one attached hydrogen (secondary N) is 1. The zero-order valence-corrected chi connectivity index (χ0v) is 13.1. The summed E-state index contributed by atoms with van der Waals surface area (Å²) in [6.45, 7) is 0.561. The Balaban J connectivity index is 1.93. The molecule has 0 aliphatic carbocycles. The highest BCUT2D eigenvalue weighted by Gasteiger charge is 2.35. The molecule has 1 N–H and O–H groups in total. The molecule has 0 spiro atoms. The SMILES string of the molecule is COCCCNS(=O)(=O)CCN1C(=O)c2ccccc2C1=O. The quantitative estimate of drug-likeness (QED) is 0.545. The molecule has 1 aromatic carbocycles. The van der Waals surface area contributed by atoms with Gasteiger partial charge in [-0.1, -0.05) is 12.1 Å². The van der Waals surface area contributed by atoms with Crippen LogP contribution in [0.2, 0.25) is 0 Å². The van der Waals surface area contributed by atoms with Gasteiger partial charge in [0.05, 0.1) is 16.9 Å². The van der Waals surface area contributed by atoms with Crippen molar-refractivity contribution in [3.8, 4) is 0 Å². The molecule has 120 valence electrons. The summed E-state index contributed by atoms with van der Waals surface area (Å²) in [5.41, 5.74) is 0.635. The Morgan fingerprint density at radius 3 is 2.27 bits per heavy atom. The van der Waals surface area contributed by atoms with Crippen LogP contribution >= 0.6 is 0 Å². The summed E-state index contributed by atoms with van der Waals surface area (Å²) in [5, 5.41) is 0. The van der Waals surface area contributed by atoms with Crippen molar-refractivity contribution in [2.45, 2.75) is 6.42 Å². The van der Waals surface area contributed by atoms with Crippen LogP contribution in [0.3, 0.4) is 0 Å². The van der Waals surface area contributed by atoms with Gasteiger partial charge in [-0.25, -0.2) is 13.1 Å². The number of hydrogen-bond acceptors (Lipinski definition) is 5. The number of benzene rings is 1. The molecule has 0 atom stereocenters. The van der Waals surface area contributed by atoms with E-state index in [9.17, 15) is 18.0 Å². The molecule has 7 nitrogen and oxygen atoms in total. The minimum absolute atomic E-state index is 0.161. The largest absolute Gasteiger partial charge is 0.385 e. The molecule has 0 unspecified atom stereocenters. The van der Waals surface area contributed by atoms with Gasteiger partial charge in [0.1, 0.15) is 0 Å². The van der Waals surface area contributed by atoms with Gasteiger partial charge in [0, 0.05) is 26.8 Å². The summed E-state index contributed by atoms with van der Waals surface area (Å²) < 4.78 is 30.9. The van der Waals surface area contributed by atoms with Gasteiger partial charge in [-0.3, -0.25) is 14.5 Å². The fourth-order valence-corrected chi connectivity index (χ4v) is 3.19. The average molecular weight is 326 g/mol. The maximum atomic E-state index is 12.1. The first-order valence-corrected chi connectivity index (χ1v) is 8.53. The molecule has 0 bridgehead atoms. The minimum Gasteiger partial charge on any atom is -0.385 e. The van der Waals surface area contributed by atoms with Gasteiger partial charge in [0.25, 0.3) is 11.8 Å². The van der Waals surface area contributed by atoms with E-state index in [1.54, 1.807) is 24.3 Å². The smallest absolute Gasteiger partial charge is 0.261 e. The maximum absolute atomic E-state index is 12.1. The lowest BCUT2D eigenvalue weighted by Gasteiger charge is -2.14. The summed E-state index contributed by atoms with van der Waals surface area (Å²) >= 11 is 0. The normalized spacial score (nSPS) is 14.5. The van der Waals surface area contributed by atoms with Crippen LogP contribution in [0, 0.1) is 0 Å². The zero-order chi connectivity index (χ0) is 16.2. The molecule has 2 rings (SSSR count). The summed E-state index contributed by atoms with van der Waals surface area (Å²) in [6, 6.07) is 6.46. The molecule has 0 saturated heterocycles. The van der Waals surface area contributed by atoms with Gasteiger partial charge < -0.3 is 4.74 Å². The van der Waals surface area contributed by atoms with E-state index in [4.69, 9.17) is 4.74 Å². The maximum Gasteiger partial charge on any atom is 0.261 e. The number of amides is 2. The highest BCUT2D eigenvalue weighted by Crippen LogP contribution is 2.21. The van der Waals surface area contributed by atoms with Crippen LogP contribution < -0.4 is 4.72 Å². The van der Waals surface area contributed by atoms with Crippen LogP contribution in [0.15, 0.2) is 24.3 Å². The third-order valence-electron chi connectivity index (χ3n) is 3.31. The zero-order valence-electron chi connectivity index (χ0n) is 12.2. The van der Waals surface area contributed by atoms with E-state index >= 15 is 0 Å². The van der Waals surface area contributed by atoms with E-state index in [0.29, 0.717) is 24.2 Å². The van der Waals surface area contributed by atoms with Gasteiger partial charge >= 0.3 is 0 Å². The topological polar surface area (TPSA) is 92.8 Å². The van der Waals surface area contributed by atoms with E-state index in [0.717, 1.165) is 4.90 Å². The Bertz CT molecular complexity index is 637. The number of sulfonamides is 1. The minimum atomic E-state index is -3.54. The molecule has 2 amide bonds. The van der Waals surface area contributed by atoms with Crippen molar-refractivity contribution in [2.75, 3.05) is 32.6 Å². The van der Waals surface area contributed by atoms with Crippen LogP contribution in [-0.2, 0) is 14.8 Å². The molecule has 0 fully saturated rings. The van der Waals surface area contributed by atoms with Crippen molar-refractivity contribution < 1.29 is 22.7 Å². The van der Waals surface area contributed by atoms with E-state index in [1.807, 2.05) is 0 Å². The third-order valence-corrected chi connectivity index (χ3v) is 4.67. The molecule has 0 radical (unpaired) electrons. The van der Waals surface area contributed by atoms with Gasteiger partial charge in [0.15, 0.2) is 0 Å². The molecule has 0 saturated carbocycles. The van der Waals surface area contributed by atoms with E-state index < -0.39 is 21.8 Å². The molecule has 1 aliphatic rings. The number of nitrogens with zero attached hydrogens (tertiary/aromatic N) is 1. The van der Waals surface area contributed by atoms with Crippen molar-refractivity contribution in [3.63, 3.8) is 0 Å². The standard InChI is InChI=1S/C14H18N2O5S/c1-21-9-4-7-15-22(19,20)10-8-16-13(17)11-5-2-3-6-12(11)14(16)18/h2-3,5-6,15H,4,7-10H2,1H3. The van der Waals surface area contributed by atoms with Crippen LogP contribution in [0.1, 0.15) is 27.1 Å². The molecule has 1 heterocycles. The van der Waals surface area contributed by atoms with E-state index in [2.05, 4.69) is 4.72 Å². The lowest BCUT2D eigenvalue weighted by molar-refractivity contribution is 0.0664. The van der Waals surface area contributed by atoms with Gasteiger partial charge in [-0.15, -0.1) is 0 Å². The number of carbonyl (C=O) groups excluding carboxylic acids is 2. The highest BCUT2D eigenvalue weighted by atomic mass is 32.2. The number of imide groups is 1. The molecule has 1 aromatic rings. The predicted octanol–water partition coefficient (Wildman–Crippen LogP) is 0.239. The molecule has 0 aromatic heterocycles. The number of carbonyl (C=O) groups is 2. The molecule has 22 heavy (non-hydrogen) atoms. The Kier molecular flexibility index (Phi) is 5.28. The summed E-state index contributed by atoms with van der Waals surface area (Å²) in [7, 11) is -2.00. The van der Waals surface area contributed by atoms with Gasteiger partial charge in [0.2, 0.25) is 10.0 Å². The summed E-state index contributed by atoms with van der Waals surface area (Å²) in [4.78, 5) is 25.2. The number of ether oxygens (including phenoxy) is 1. The summed E-state index contributed by atoms with van der Waals surface area (Å²) in [6.07, 6.45) is 0.558. The third kappa shape index (κ3) is 3.70. The van der Waals surface area contributed by atoms with Crippen LogP contribution in [0.25, 0.3) is 0 Å². The number of fused-ring (bicyclic) bond motifs is 1. The first-order chi connectivity index (χ1) is 10.5. The van der Waals surface area contributed by atoms with Crippen molar-refractivity contribution in [1.82, 2.24) is 9.62 Å². The highest BCUT2D eigenvalue weighted by molar-refractivity contribution is 7.89. The van der Waals surface area contributed by atoms with Crippen molar-refractivity contribution in [3.05, 3.63) is 35.4 Å². The Hall–Kier alpha value is -1.77. The van der Waals surface area contributed by atoms with Crippen molar-refractivity contribution in [1.29, 1.82) is 0 Å². The van der Waals surface area contributed by atoms with Crippen LogP contribution in [-0.4, -0.2) is 57.7 Å². The lowest BCUT2D eigenvalue weighted by Crippen LogP contribution is -2.38. The average Bonchev–Trinajstić information content (AvgIpc) is 2.74. The fraction of sp³-hybridized carbons (Fsp3) is 0.429. The molecule has 8 heteroatoms. The van der Waals surface area contributed by atoms with Crippen molar-refractivity contribution >= 4 is 21.8 Å².